The molecule has 2 aromatic rings. The van der Waals surface area contributed by atoms with Crippen molar-refractivity contribution in [2.24, 2.45) is 0 Å². The Kier molecular flexibility index (Phi) is 3.18. The molecule has 88 valence electrons. The van der Waals surface area contributed by atoms with Crippen molar-refractivity contribution in [1.29, 1.82) is 0 Å². The van der Waals surface area contributed by atoms with Crippen molar-refractivity contribution < 1.29 is 18.3 Å². The summed E-state index contributed by atoms with van der Waals surface area (Å²) < 4.78 is 22.6. The molecule has 0 aliphatic heterocycles. The third-order valence-electron chi connectivity index (χ3n) is 2.08. The number of carbonyl (C=O) groups is 1. The fraction of sp³-hybridized carbons (Fsp3) is 0.167. The molecule has 0 spiro atoms. The molecule has 2 rings (SSSR count). The molecule has 0 aliphatic carbocycles. The van der Waals surface area contributed by atoms with Crippen LogP contribution in [0.5, 0.6) is 0 Å². The molecule has 0 unspecified atom stereocenters. The van der Waals surface area contributed by atoms with E-state index in [4.69, 9.17) is 9.15 Å². The van der Waals surface area contributed by atoms with Crippen molar-refractivity contribution in [3.8, 4) is 11.5 Å². The number of nitrogens with zero attached hydrogens (tertiary/aromatic N) is 1. The van der Waals surface area contributed by atoms with Crippen LogP contribution in [-0.2, 0) is 4.74 Å². The standard InChI is InChI=1S/C12H10FNO3/c1-2-16-12(15)10-7-17-11(14-10)8-3-5-9(13)6-4-8/h3-7H,2H2,1H3. The minimum Gasteiger partial charge on any atom is -0.461 e. The summed E-state index contributed by atoms with van der Waals surface area (Å²) in [6, 6.07) is 5.64. The lowest BCUT2D eigenvalue weighted by atomic mass is 10.2. The Morgan fingerprint density at radius 3 is 2.76 bits per heavy atom. The number of benzene rings is 1. The molecule has 0 aliphatic rings. The molecule has 0 amide bonds. The number of hydrogen-bond acceptors (Lipinski definition) is 4. The summed E-state index contributed by atoms with van der Waals surface area (Å²) in [6.45, 7) is 1.98. The Hall–Kier alpha value is -2.17. The van der Waals surface area contributed by atoms with Gasteiger partial charge in [-0.25, -0.2) is 14.2 Å². The number of halogens is 1. The van der Waals surface area contributed by atoms with Crippen molar-refractivity contribution in [3.63, 3.8) is 0 Å². The van der Waals surface area contributed by atoms with Crippen molar-refractivity contribution >= 4 is 5.97 Å². The SMILES string of the molecule is CCOC(=O)c1coc(-c2ccc(F)cc2)n1. The fourth-order valence-electron chi connectivity index (χ4n) is 1.30. The van der Waals surface area contributed by atoms with Gasteiger partial charge in [-0.1, -0.05) is 0 Å². The maximum Gasteiger partial charge on any atom is 0.360 e. The molecule has 1 aromatic carbocycles. The van der Waals surface area contributed by atoms with Gasteiger partial charge in [0.1, 0.15) is 12.1 Å². The van der Waals surface area contributed by atoms with Gasteiger partial charge in [0.25, 0.3) is 0 Å². The zero-order valence-electron chi connectivity index (χ0n) is 9.14. The summed E-state index contributed by atoms with van der Waals surface area (Å²) >= 11 is 0. The highest BCUT2D eigenvalue weighted by atomic mass is 19.1. The van der Waals surface area contributed by atoms with Crippen molar-refractivity contribution in [2.75, 3.05) is 6.61 Å². The van der Waals surface area contributed by atoms with Gasteiger partial charge in [-0.3, -0.25) is 0 Å². The average Bonchev–Trinajstić information content (AvgIpc) is 2.80. The maximum absolute atomic E-state index is 12.7. The highest BCUT2D eigenvalue weighted by molar-refractivity contribution is 5.87. The zero-order valence-corrected chi connectivity index (χ0v) is 9.14. The number of esters is 1. The Morgan fingerprint density at radius 2 is 2.12 bits per heavy atom. The first kappa shape index (κ1) is 11.3. The van der Waals surface area contributed by atoms with Crippen LogP contribution < -0.4 is 0 Å². The number of hydrogen-bond donors (Lipinski definition) is 0. The van der Waals surface area contributed by atoms with Gasteiger partial charge in [-0.15, -0.1) is 0 Å². The Bertz CT molecular complexity index is 519. The zero-order chi connectivity index (χ0) is 12.3. The number of carbonyl (C=O) groups excluding carboxylic acids is 1. The first-order valence-electron chi connectivity index (χ1n) is 5.09. The van der Waals surface area contributed by atoms with Crippen LogP contribution in [0.15, 0.2) is 34.9 Å². The predicted octanol–water partition coefficient (Wildman–Crippen LogP) is 2.66. The molecular formula is C12H10FNO3. The molecule has 4 nitrogen and oxygen atoms in total. The number of aromatic nitrogens is 1. The molecule has 0 N–H and O–H groups in total. The molecule has 5 heteroatoms. The third kappa shape index (κ3) is 2.50. The van der Waals surface area contributed by atoms with E-state index in [0.717, 1.165) is 0 Å². The van der Waals surface area contributed by atoms with Gasteiger partial charge in [0, 0.05) is 5.56 Å². The molecule has 0 saturated carbocycles. The normalized spacial score (nSPS) is 10.2. The van der Waals surface area contributed by atoms with E-state index < -0.39 is 5.97 Å². The van der Waals surface area contributed by atoms with Crippen LogP contribution >= 0.6 is 0 Å². The van der Waals surface area contributed by atoms with Crippen LogP contribution in [0.1, 0.15) is 17.4 Å². The van der Waals surface area contributed by atoms with Gasteiger partial charge in [0.2, 0.25) is 5.89 Å². The highest BCUT2D eigenvalue weighted by Crippen LogP contribution is 2.19. The second-order valence-corrected chi connectivity index (χ2v) is 3.27. The Balaban J connectivity index is 2.23. The highest BCUT2D eigenvalue weighted by Gasteiger charge is 2.13. The van der Waals surface area contributed by atoms with Crippen molar-refractivity contribution in [3.05, 3.63) is 42.0 Å². The van der Waals surface area contributed by atoms with E-state index in [1.54, 1.807) is 6.92 Å². The van der Waals surface area contributed by atoms with Crippen LogP contribution in [0.2, 0.25) is 0 Å². The molecule has 0 radical (unpaired) electrons. The molecule has 0 fully saturated rings. The van der Waals surface area contributed by atoms with Crippen LogP contribution in [-0.4, -0.2) is 17.6 Å². The quantitative estimate of drug-likeness (QED) is 0.767. The van der Waals surface area contributed by atoms with E-state index in [0.29, 0.717) is 5.56 Å². The van der Waals surface area contributed by atoms with Gasteiger partial charge in [0.15, 0.2) is 5.69 Å². The Morgan fingerprint density at radius 1 is 1.41 bits per heavy atom. The first-order valence-corrected chi connectivity index (χ1v) is 5.09. The van der Waals surface area contributed by atoms with Gasteiger partial charge in [-0.2, -0.15) is 0 Å². The number of rotatable bonds is 3. The predicted molar refractivity (Wildman–Crippen MR) is 57.9 cm³/mol. The molecular weight excluding hydrogens is 225 g/mol. The lowest BCUT2D eigenvalue weighted by Crippen LogP contribution is -2.04. The van der Waals surface area contributed by atoms with Crippen LogP contribution in [0, 0.1) is 5.82 Å². The van der Waals surface area contributed by atoms with Gasteiger partial charge in [-0.05, 0) is 31.2 Å². The summed E-state index contributed by atoms with van der Waals surface area (Å²) in [5.41, 5.74) is 0.702. The van der Waals surface area contributed by atoms with Crippen LogP contribution in [0.4, 0.5) is 4.39 Å². The van der Waals surface area contributed by atoms with Gasteiger partial charge < -0.3 is 9.15 Å². The monoisotopic (exact) mass is 235 g/mol. The lowest BCUT2D eigenvalue weighted by Gasteiger charge is -1.95. The van der Waals surface area contributed by atoms with E-state index in [1.807, 2.05) is 0 Å². The average molecular weight is 235 g/mol. The summed E-state index contributed by atoms with van der Waals surface area (Å²) in [4.78, 5) is 15.3. The van der Waals surface area contributed by atoms with Gasteiger partial charge >= 0.3 is 5.97 Å². The maximum atomic E-state index is 12.7. The van der Waals surface area contributed by atoms with E-state index in [1.165, 1.54) is 30.5 Å². The van der Waals surface area contributed by atoms with E-state index >= 15 is 0 Å². The minimum atomic E-state index is -0.537. The summed E-state index contributed by atoms with van der Waals surface area (Å²) in [7, 11) is 0. The van der Waals surface area contributed by atoms with Gasteiger partial charge in [0.05, 0.1) is 6.61 Å². The summed E-state index contributed by atoms with van der Waals surface area (Å²) in [5.74, 6) is -0.622. The third-order valence-corrected chi connectivity index (χ3v) is 2.08. The first-order chi connectivity index (χ1) is 8.20. The van der Waals surface area contributed by atoms with E-state index in [-0.39, 0.29) is 24.0 Å². The smallest absolute Gasteiger partial charge is 0.360 e. The number of ether oxygens (including phenoxy) is 1. The molecule has 17 heavy (non-hydrogen) atoms. The Labute approximate surface area is 97.0 Å². The number of oxazole rings is 1. The second-order valence-electron chi connectivity index (χ2n) is 3.27. The molecule has 1 aromatic heterocycles. The molecule has 1 heterocycles. The summed E-state index contributed by atoms with van der Waals surface area (Å²) in [6.07, 6.45) is 1.22. The molecule has 0 saturated heterocycles. The fourth-order valence-corrected chi connectivity index (χ4v) is 1.30. The van der Waals surface area contributed by atoms with Crippen molar-refractivity contribution in [1.82, 2.24) is 4.98 Å². The topological polar surface area (TPSA) is 52.3 Å². The summed E-state index contributed by atoms with van der Waals surface area (Å²) in [5, 5.41) is 0. The van der Waals surface area contributed by atoms with Crippen molar-refractivity contribution in [2.45, 2.75) is 6.92 Å². The molecule has 0 atom stereocenters. The molecule has 0 bridgehead atoms. The lowest BCUT2D eigenvalue weighted by molar-refractivity contribution is 0.0519. The largest absolute Gasteiger partial charge is 0.461 e. The second kappa shape index (κ2) is 4.78. The minimum absolute atomic E-state index is 0.103. The van der Waals surface area contributed by atoms with Crippen LogP contribution in [0.25, 0.3) is 11.5 Å². The van der Waals surface area contributed by atoms with E-state index in [9.17, 15) is 9.18 Å². The van der Waals surface area contributed by atoms with Crippen LogP contribution in [0.3, 0.4) is 0 Å². The van der Waals surface area contributed by atoms with E-state index in [2.05, 4.69) is 4.98 Å².